The van der Waals surface area contributed by atoms with Crippen LogP contribution in [-0.2, 0) is 14.3 Å². The molecule has 108 valence electrons. The van der Waals surface area contributed by atoms with Crippen LogP contribution in [0.2, 0.25) is 0 Å². The van der Waals surface area contributed by atoms with E-state index in [1.54, 1.807) is 0 Å². The largest absolute Gasteiger partial charge is 0.379 e. The first-order valence-electron chi connectivity index (χ1n) is 7.80. The second kappa shape index (κ2) is 6.23. The van der Waals surface area contributed by atoms with Gasteiger partial charge in [0.25, 0.3) is 0 Å². The van der Waals surface area contributed by atoms with Crippen molar-refractivity contribution in [2.45, 2.75) is 44.6 Å². The molecule has 0 bridgehead atoms. The van der Waals surface area contributed by atoms with Crippen LogP contribution in [0.15, 0.2) is 0 Å². The van der Waals surface area contributed by atoms with Gasteiger partial charge in [0.2, 0.25) is 5.91 Å². The van der Waals surface area contributed by atoms with Crippen molar-refractivity contribution in [3.63, 3.8) is 0 Å². The number of hydrogen-bond donors (Lipinski definition) is 1. The Hall–Kier alpha value is -0.610. The van der Waals surface area contributed by atoms with Crippen molar-refractivity contribution in [2.75, 3.05) is 26.4 Å². The van der Waals surface area contributed by atoms with Gasteiger partial charge in [-0.05, 0) is 50.4 Å². The predicted octanol–water partition coefficient (Wildman–Crippen LogP) is 1.73. The lowest BCUT2D eigenvalue weighted by atomic mass is 10.0. The van der Waals surface area contributed by atoms with E-state index in [-0.39, 0.29) is 5.91 Å². The fraction of sp³-hybridized carbons (Fsp3) is 0.933. The Morgan fingerprint density at radius 2 is 2.11 bits per heavy atom. The van der Waals surface area contributed by atoms with Gasteiger partial charge in [0.05, 0.1) is 12.7 Å². The Labute approximate surface area is 115 Å². The number of amides is 1. The third-order valence-corrected chi connectivity index (χ3v) is 4.71. The van der Waals surface area contributed by atoms with Crippen LogP contribution in [0, 0.1) is 17.8 Å². The van der Waals surface area contributed by atoms with E-state index in [4.69, 9.17) is 9.47 Å². The molecule has 2 saturated carbocycles. The Balaban J connectivity index is 1.18. The number of carbonyl (C=O) groups is 1. The van der Waals surface area contributed by atoms with E-state index in [0.29, 0.717) is 18.6 Å². The zero-order chi connectivity index (χ0) is 13.1. The summed E-state index contributed by atoms with van der Waals surface area (Å²) in [4.78, 5) is 11.9. The molecule has 0 aromatic rings. The van der Waals surface area contributed by atoms with E-state index in [1.165, 1.54) is 6.42 Å². The van der Waals surface area contributed by atoms with Crippen LogP contribution in [0.5, 0.6) is 0 Å². The molecule has 4 nitrogen and oxygen atoms in total. The molecule has 0 radical (unpaired) electrons. The van der Waals surface area contributed by atoms with Crippen LogP contribution in [0.3, 0.4) is 0 Å². The van der Waals surface area contributed by atoms with Crippen molar-refractivity contribution in [2.24, 2.45) is 17.8 Å². The maximum Gasteiger partial charge on any atom is 0.223 e. The van der Waals surface area contributed by atoms with Crippen molar-refractivity contribution < 1.29 is 14.3 Å². The van der Waals surface area contributed by atoms with Gasteiger partial charge in [-0.3, -0.25) is 4.79 Å². The maximum absolute atomic E-state index is 11.9. The molecule has 4 heteroatoms. The number of fused-ring (bicyclic) bond motifs is 1. The van der Waals surface area contributed by atoms with Gasteiger partial charge >= 0.3 is 0 Å². The summed E-state index contributed by atoms with van der Waals surface area (Å²) in [6.45, 7) is 3.06. The molecule has 0 aromatic carbocycles. The van der Waals surface area contributed by atoms with Gasteiger partial charge in [0, 0.05) is 25.7 Å². The van der Waals surface area contributed by atoms with E-state index in [2.05, 4.69) is 5.32 Å². The molecule has 3 atom stereocenters. The van der Waals surface area contributed by atoms with E-state index < -0.39 is 0 Å². The van der Waals surface area contributed by atoms with Crippen molar-refractivity contribution in [1.29, 1.82) is 0 Å². The molecule has 1 N–H and O–H groups in total. The van der Waals surface area contributed by atoms with E-state index in [9.17, 15) is 4.79 Å². The summed E-state index contributed by atoms with van der Waals surface area (Å²) >= 11 is 0. The second-order valence-corrected chi connectivity index (χ2v) is 6.28. The molecule has 1 aliphatic heterocycles. The third kappa shape index (κ3) is 3.69. The molecular formula is C15H25NO3. The minimum absolute atomic E-state index is 0.270. The zero-order valence-electron chi connectivity index (χ0n) is 11.6. The highest BCUT2D eigenvalue weighted by atomic mass is 16.5. The van der Waals surface area contributed by atoms with Crippen molar-refractivity contribution >= 4 is 5.91 Å². The topological polar surface area (TPSA) is 47.6 Å². The van der Waals surface area contributed by atoms with Crippen molar-refractivity contribution in [3.05, 3.63) is 0 Å². The molecule has 0 spiro atoms. The van der Waals surface area contributed by atoms with E-state index in [1.807, 2.05) is 0 Å². The summed E-state index contributed by atoms with van der Waals surface area (Å²) in [5.41, 5.74) is 0. The molecule has 0 aromatic heterocycles. The summed E-state index contributed by atoms with van der Waals surface area (Å²) in [6, 6.07) is 0. The summed E-state index contributed by atoms with van der Waals surface area (Å²) in [7, 11) is 0. The highest BCUT2D eigenvalue weighted by molar-refractivity contribution is 5.79. The summed E-state index contributed by atoms with van der Waals surface area (Å²) in [5.74, 6) is 2.33. The van der Waals surface area contributed by atoms with E-state index >= 15 is 0 Å². The lowest BCUT2D eigenvalue weighted by Crippen LogP contribution is -2.31. The highest BCUT2D eigenvalue weighted by Crippen LogP contribution is 2.54. The van der Waals surface area contributed by atoms with Gasteiger partial charge in [-0.2, -0.15) is 0 Å². The first-order chi connectivity index (χ1) is 9.33. The van der Waals surface area contributed by atoms with E-state index in [0.717, 1.165) is 63.7 Å². The normalized spacial score (nSPS) is 36.2. The average Bonchev–Trinajstić information content (AvgIpc) is 2.85. The van der Waals surface area contributed by atoms with Crippen LogP contribution in [0.1, 0.15) is 38.5 Å². The SMILES string of the molecule is O=C(NCCCOCC1CCCO1)C1CC2CC2C1. The van der Waals surface area contributed by atoms with Crippen molar-refractivity contribution in [1.82, 2.24) is 5.32 Å². The second-order valence-electron chi connectivity index (χ2n) is 6.28. The molecule has 3 rings (SSSR count). The quantitative estimate of drug-likeness (QED) is 0.715. The predicted molar refractivity (Wildman–Crippen MR) is 71.7 cm³/mol. The smallest absolute Gasteiger partial charge is 0.223 e. The number of carbonyl (C=O) groups excluding carboxylic acids is 1. The number of hydrogen-bond acceptors (Lipinski definition) is 3. The molecule has 3 unspecified atom stereocenters. The van der Waals surface area contributed by atoms with Crippen LogP contribution in [-0.4, -0.2) is 38.4 Å². The van der Waals surface area contributed by atoms with Gasteiger partial charge in [-0.1, -0.05) is 0 Å². The highest BCUT2D eigenvalue weighted by Gasteiger charge is 2.47. The third-order valence-electron chi connectivity index (χ3n) is 4.71. The number of ether oxygens (including phenoxy) is 2. The molecule has 2 aliphatic carbocycles. The minimum Gasteiger partial charge on any atom is -0.379 e. The molecular weight excluding hydrogens is 242 g/mol. The molecule has 3 aliphatic rings. The first kappa shape index (κ1) is 13.4. The summed E-state index contributed by atoms with van der Waals surface area (Å²) < 4.78 is 11.1. The number of nitrogens with one attached hydrogen (secondary N) is 1. The average molecular weight is 267 g/mol. The minimum atomic E-state index is 0.270. The fourth-order valence-corrected chi connectivity index (χ4v) is 3.45. The number of rotatable bonds is 7. The molecule has 3 fully saturated rings. The molecule has 1 saturated heterocycles. The van der Waals surface area contributed by atoms with Crippen LogP contribution in [0.4, 0.5) is 0 Å². The summed E-state index contributed by atoms with van der Waals surface area (Å²) in [5, 5.41) is 3.04. The lowest BCUT2D eigenvalue weighted by molar-refractivity contribution is -0.125. The molecule has 19 heavy (non-hydrogen) atoms. The van der Waals surface area contributed by atoms with Crippen LogP contribution < -0.4 is 5.32 Å². The lowest BCUT2D eigenvalue weighted by Gasteiger charge is -2.13. The fourth-order valence-electron chi connectivity index (χ4n) is 3.45. The Bertz CT molecular complexity index is 305. The van der Waals surface area contributed by atoms with Gasteiger partial charge in [0.15, 0.2) is 0 Å². The van der Waals surface area contributed by atoms with Crippen LogP contribution >= 0.6 is 0 Å². The van der Waals surface area contributed by atoms with Crippen LogP contribution in [0.25, 0.3) is 0 Å². The maximum atomic E-state index is 11.9. The molecule has 1 heterocycles. The zero-order valence-corrected chi connectivity index (χ0v) is 11.6. The Kier molecular flexibility index (Phi) is 4.38. The van der Waals surface area contributed by atoms with Gasteiger partial charge < -0.3 is 14.8 Å². The summed E-state index contributed by atoms with van der Waals surface area (Å²) in [6.07, 6.45) is 7.13. The standard InChI is InChI=1S/C15H25NO3/c17-15(13-8-11-7-12(11)9-13)16-4-2-5-18-10-14-3-1-6-19-14/h11-14H,1-10H2,(H,16,17). The molecule has 1 amide bonds. The van der Waals surface area contributed by atoms with Gasteiger partial charge in [0.1, 0.15) is 0 Å². The van der Waals surface area contributed by atoms with Gasteiger partial charge in [-0.15, -0.1) is 0 Å². The Morgan fingerprint density at radius 1 is 1.26 bits per heavy atom. The monoisotopic (exact) mass is 267 g/mol. The first-order valence-corrected chi connectivity index (χ1v) is 7.80. The van der Waals surface area contributed by atoms with Crippen molar-refractivity contribution in [3.8, 4) is 0 Å². The van der Waals surface area contributed by atoms with Gasteiger partial charge in [-0.25, -0.2) is 0 Å². The Morgan fingerprint density at radius 3 is 2.84 bits per heavy atom.